The number of halogens is 1. The Kier molecular flexibility index (Phi) is 5.47. The monoisotopic (exact) mass is 494 g/mol. The van der Waals surface area contributed by atoms with Crippen molar-refractivity contribution in [1.82, 2.24) is 10.2 Å². The van der Waals surface area contributed by atoms with Gasteiger partial charge in [0.25, 0.3) is 0 Å². The van der Waals surface area contributed by atoms with E-state index in [1.54, 1.807) is 0 Å². The number of rotatable bonds is 5. The van der Waals surface area contributed by atoms with Crippen molar-refractivity contribution in [2.24, 2.45) is 40.0 Å². The predicted octanol–water partition coefficient (Wildman–Crippen LogP) is 4.90. The van der Waals surface area contributed by atoms with Crippen LogP contribution in [0.2, 0.25) is 5.02 Å². The second-order valence-electron chi connectivity index (χ2n) is 12.5. The Bertz CT molecular complexity index is 1080. The van der Waals surface area contributed by atoms with Crippen LogP contribution in [0, 0.1) is 46.5 Å². The number of fused-ring (bicyclic) bond motifs is 1. The van der Waals surface area contributed by atoms with E-state index in [9.17, 15) is 15.2 Å². The van der Waals surface area contributed by atoms with Crippen LogP contribution in [0.1, 0.15) is 63.9 Å². The number of likely N-dealkylation sites (tertiary alicyclic amines) is 1. The molecule has 4 bridgehead atoms. The molecular weight excluding hydrogens is 460 g/mol. The highest BCUT2D eigenvalue weighted by Crippen LogP contribution is 2.61. The number of carboxylic acids is 1. The summed E-state index contributed by atoms with van der Waals surface area (Å²) in [6.07, 6.45) is 7.83. The molecule has 1 aromatic carbocycles. The number of carboxylic acid groups (broad SMARTS) is 1. The number of nitrogens with zero attached hydrogens (tertiary/aromatic N) is 3. The summed E-state index contributed by atoms with van der Waals surface area (Å²) in [5.74, 6) is 3.16. The molecule has 0 aromatic heterocycles. The van der Waals surface area contributed by atoms with Crippen molar-refractivity contribution in [2.45, 2.75) is 69.9 Å². The first-order valence-corrected chi connectivity index (χ1v) is 13.6. The molecule has 5 aliphatic carbocycles. The molecule has 0 spiro atoms. The van der Waals surface area contributed by atoms with Crippen LogP contribution in [0.5, 0.6) is 0 Å². The molecule has 0 amide bonds. The molecule has 1 aliphatic heterocycles. The Morgan fingerprint density at radius 2 is 1.83 bits per heavy atom. The van der Waals surface area contributed by atoms with Gasteiger partial charge in [0, 0.05) is 18.1 Å². The van der Waals surface area contributed by atoms with E-state index >= 15 is 0 Å². The van der Waals surface area contributed by atoms with E-state index in [2.05, 4.69) is 42.4 Å². The molecule has 1 aromatic rings. The topological polar surface area (TPSA) is 88.7 Å². The summed E-state index contributed by atoms with van der Waals surface area (Å²) in [5, 5.41) is 23.3. The molecule has 5 atom stereocenters. The fraction of sp³-hybridized carbons (Fsp3) is 0.679. The molecule has 5 unspecified atom stereocenters. The highest BCUT2D eigenvalue weighted by Gasteiger charge is 2.59. The molecule has 7 heteroatoms. The Labute approximate surface area is 212 Å². The Hall–Kier alpha value is -2.10. The van der Waals surface area contributed by atoms with Crippen LogP contribution < -0.4 is 5.32 Å². The molecule has 7 rings (SSSR count). The zero-order valence-corrected chi connectivity index (χ0v) is 21.3. The van der Waals surface area contributed by atoms with Crippen molar-refractivity contribution in [1.29, 1.82) is 5.26 Å². The highest BCUT2D eigenvalue weighted by molar-refractivity contribution is 6.30. The maximum absolute atomic E-state index is 12.1. The summed E-state index contributed by atoms with van der Waals surface area (Å²) in [5.41, 5.74) is 0.461. The number of nitrogens with one attached hydrogen (secondary N) is 1. The van der Waals surface area contributed by atoms with Crippen LogP contribution in [0.3, 0.4) is 0 Å². The Morgan fingerprint density at radius 3 is 2.46 bits per heavy atom. The van der Waals surface area contributed by atoms with E-state index in [1.807, 2.05) is 12.1 Å². The lowest BCUT2D eigenvalue weighted by Gasteiger charge is -2.57. The van der Waals surface area contributed by atoms with Crippen LogP contribution in [0.4, 0.5) is 0 Å². The third kappa shape index (κ3) is 3.69. The number of benzene rings is 1. The lowest BCUT2D eigenvalue weighted by molar-refractivity contribution is -0.166. The predicted molar refractivity (Wildman–Crippen MR) is 135 cm³/mol. The van der Waals surface area contributed by atoms with Gasteiger partial charge in [0.05, 0.1) is 17.0 Å². The molecule has 6 fully saturated rings. The molecule has 6 aliphatic rings. The van der Waals surface area contributed by atoms with Gasteiger partial charge in [0.2, 0.25) is 0 Å². The van der Waals surface area contributed by atoms with Crippen molar-refractivity contribution >= 4 is 23.4 Å². The maximum atomic E-state index is 12.1. The van der Waals surface area contributed by atoms with Gasteiger partial charge in [0.15, 0.2) is 6.19 Å². The average molecular weight is 495 g/mol. The molecule has 1 saturated heterocycles. The lowest BCUT2D eigenvalue weighted by atomic mass is 9.48. The summed E-state index contributed by atoms with van der Waals surface area (Å²) in [6.45, 7) is 6.40. The number of hydrogen-bond donors (Lipinski definition) is 2. The molecule has 35 heavy (non-hydrogen) atoms. The maximum Gasteiger partial charge on any atom is 0.309 e. The first-order valence-electron chi connectivity index (χ1n) is 13.2. The largest absolute Gasteiger partial charge is 0.481 e. The molecule has 2 N–H and O–H groups in total. The summed E-state index contributed by atoms with van der Waals surface area (Å²) >= 11 is 6.10. The minimum Gasteiger partial charge on any atom is -0.481 e. The minimum atomic E-state index is -0.613. The van der Waals surface area contributed by atoms with E-state index in [0.717, 1.165) is 56.1 Å². The summed E-state index contributed by atoms with van der Waals surface area (Å²) in [6, 6.07) is 8.42. The fourth-order valence-corrected chi connectivity index (χ4v) is 8.75. The molecule has 0 radical (unpaired) electrons. The van der Waals surface area contributed by atoms with Crippen molar-refractivity contribution in [3.8, 4) is 6.19 Å². The van der Waals surface area contributed by atoms with E-state index in [1.165, 1.54) is 12.0 Å². The Morgan fingerprint density at radius 1 is 1.14 bits per heavy atom. The van der Waals surface area contributed by atoms with Gasteiger partial charge in [-0.3, -0.25) is 20.0 Å². The first-order chi connectivity index (χ1) is 16.7. The zero-order valence-electron chi connectivity index (χ0n) is 20.6. The van der Waals surface area contributed by atoms with Gasteiger partial charge < -0.3 is 5.11 Å². The van der Waals surface area contributed by atoms with Crippen molar-refractivity contribution < 1.29 is 9.90 Å². The normalized spacial score (nSPS) is 40.2. The first kappa shape index (κ1) is 23.3. The zero-order chi connectivity index (χ0) is 24.5. The van der Waals surface area contributed by atoms with Crippen LogP contribution in [-0.2, 0) is 4.79 Å². The third-order valence-corrected chi connectivity index (χ3v) is 10.6. The van der Waals surface area contributed by atoms with Gasteiger partial charge >= 0.3 is 5.97 Å². The van der Waals surface area contributed by atoms with E-state index in [-0.39, 0.29) is 11.6 Å². The van der Waals surface area contributed by atoms with Crippen LogP contribution in [0.15, 0.2) is 29.3 Å². The lowest BCUT2D eigenvalue weighted by Crippen LogP contribution is -2.58. The smallest absolute Gasteiger partial charge is 0.309 e. The van der Waals surface area contributed by atoms with Crippen molar-refractivity contribution in [3.63, 3.8) is 0 Å². The van der Waals surface area contributed by atoms with E-state index in [0.29, 0.717) is 35.5 Å². The highest BCUT2D eigenvalue weighted by atomic mass is 35.5. The van der Waals surface area contributed by atoms with Crippen molar-refractivity contribution in [2.75, 3.05) is 13.1 Å². The number of nitriles is 1. The van der Waals surface area contributed by atoms with Crippen molar-refractivity contribution in [3.05, 3.63) is 34.9 Å². The molecular formula is C28H35ClN4O2. The third-order valence-electron chi connectivity index (χ3n) is 10.4. The van der Waals surface area contributed by atoms with Gasteiger partial charge in [-0.15, -0.1) is 0 Å². The SMILES string of the molecule is CC(C)(C(=NC1C2CC3CC1CC(C(=O)O)(C3)C2)NC#N)N1CC2CC(c3ccc(Cl)cc3)C2C1. The number of hydrogen-bond acceptors (Lipinski definition) is 4. The molecule has 6 nitrogen and oxygen atoms in total. The van der Waals surface area contributed by atoms with Gasteiger partial charge in [0.1, 0.15) is 5.84 Å². The quantitative estimate of drug-likeness (QED) is 0.263. The number of amidine groups is 1. The Balaban J connectivity index is 1.21. The molecule has 5 saturated carbocycles. The number of carbonyl (C=O) groups is 1. The van der Waals surface area contributed by atoms with Gasteiger partial charge in [-0.1, -0.05) is 23.7 Å². The summed E-state index contributed by atoms with van der Waals surface area (Å²) < 4.78 is 0. The average Bonchev–Trinajstić information content (AvgIpc) is 3.13. The minimum absolute atomic E-state index is 0.121. The standard InChI is InChI=1S/C28H35ClN4O2/c1-27(2,33-13-20-9-22(23(20)14-33)17-3-5-21(29)6-4-17)25(31-15-30)32-24-18-7-16-8-19(24)12-28(10-16,11-18)26(34)35/h3-6,16,18-20,22-24H,7-14H2,1-2H3,(H,31,32)(H,34,35). The van der Waals surface area contributed by atoms with E-state index in [4.69, 9.17) is 16.6 Å². The number of aliphatic imine (C=N–C) groups is 1. The van der Waals surface area contributed by atoms with Crippen LogP contribution >= 0.6 is 11.6 Å². The summed E-state index contributed by atoms with van der Waals surface area (Å²) in [7, 11) is 0. The van der Waals surface area contributed by atoms with Crippen LogP contribution in [0.25, 0.3) is 0 Å². The number of aliphatic carboxylic acids is 1. The summed E-state index contributed by atoms with van der Waals surface area (Å²) in [4.78, 5) is 19.9. The fourth-order valence-electron chi connectivity index (χ4n) is 8.62. The van der Waals surface area contributed by atoms with Gasteiger partial charge in [-0.05, 0) is 106 Å². The second-order valence-corrected chi connectivity index (χ2v) is 13.0. The molecule has 1 heterocycles. The van der Waals surface area contributed by atoms with Gasteiger partial charge in [-0.25, -0.2) is 0 Å². The molecule has 186 valence electrons. The van der Waals surface area contributed by atoms with Crippen LogP contribution in [-0.4, -0.2) is 46.5 Å². The second kappa shape index (κ2) is 8.21. The van der Waals surface area contributed by atoms with Gasteiger partial charge in [-0.2, -0.15) is 5.26 Å². The van der Waals surface area contributed by atoms with E-state index < -0.39 is 11.4 Å².